The minimum Gasteiger partial charge on any atom is -0.506 e. The van der Waals surface area contributed by atoms with E-state index in [-0.39, 0.29) is 0 Å². The second-order valence-electron chi connectivity index (χ2n) is 3.10. The number of carbonyl (C=O) groups is 1. The largest absolute Gasteiger partial charge is 0.506 e. The summed E-state index contributed by atoms with van der Waals surface area (Å²) >= 11 is 1.49. The van der Waals surface area contributed by atoms with E-state index in [1.54, 1.807) is 17.5 Å². The van der Waals surface area contributed by atoms with Gasteiger partial charge < -0.3 is 5.11 Å². The Morgan fingerprint density at radius 2 is 2.29 bits per heavy atom. The summed E-state index contributed by atoms with van der Waals surface area (Å²) in [5.74, 6) is 0.303. The van der Waals surface area contributed by atoms with Gasteiger partial charge in [-0.25, -0.2) is 0 Å². The highest BCUT2D eigenvalue weighted by Gasteiger charge is 2.09. The van der Waals surface area contributed by atoms with Crippen LogP contribution in [0.1, 0.15) is 22.8 Å². The van der Waals surface area contributed by atoms with Gasteiger partial charge in [0.25, 0.3) is 0 Å². The zero-order valence-electron chi connectivity index (χ0n) is 7.78. The van der Waals surface area contributed by atoms with Crippen LogP contribution in [0.15, 0.2) is 17.5 Å². The molecule has 0 fully saturated rings. The van der Waals surface area contributed by atoms with Crippen LogP contribution in [-0.4, -0.2) is 11.4 Å². The predicted octanol–water partition coefficient (Wildman–Crippen LogP) is 2.98. The van der Waals surface area contributed by atoms with Crippen molar-refractivity contribution in [3.63, 3.8) is 0 Å². The molecule has 0 spiro atoms. The molecule has 3 heteroatoms. The summed E-state index contributed by atoms with van der Waals surface area (Å²) in [7, 11) is 0. The van der Waals surface area contributed by atoms with E-state index in [2.05, 4.69) is 0 Å². The molecule has 14 heavy (non-hydrogen) atoms. The maximum absolute atomic E-state index is 10.8. The third-order valence-corrected chi connectivity index (χ3v) is 3.38. The number of aryl methyl sites for hydroxylation is 1. The highest BCUT2D eigenvalue weighted by Crippen LogP contribution is 2.34. The van der Waals surface area contributed by atoms with Gasteiger partial charge in [0.15, 0.2) is 0 Å². The van der Waals surface area contributed by atoms with Gasteiger partial charge in [-0.05, 0) is 18.1 Å². The molecule has 0 aliphatic carbocycles. The van der Waals surface area contributed by atoms with Gasteiger partial charge in [-0.3, -0.25) is 4.79 Å². The molecular weight excluding hydrogens is 196 g/mol. The van der Waals surface area contributed by atoms with Crippen LogP contribution in [0.3, 0.4) is 0 Å². The highest BCUT2D eigenvalue weighted by molar-refractivity contribution is 7.17. The Balaban J connectivity index is 2.84. The Morgan fingerprint density at radius 3 is 2.93 bits per heavy atom. The maximum atomic E-state index is 10.8. The molecular formula is C11H10O2S. The van der Waals surface area contributed by atoms with Crippen molar-refractivity contribution in [3.05, 3.63) is 28.6 Å². The van der Waals surface area contributed by atoms with E-state index < -0.39 is 0 Å². The summed E-state index contributed by atoms with van der Waals surface area (Å²) < 4.78 is 1.02. The SMILES string of the molecule is CCc1c(C=O)ccc2c(O)csc12. The topological polar surface area (TPSA) is 37.3 Å². The van der Waals surface area contributed by atoms with E-state index in [9.17, 15) is 9.90 Å². The van der Waals surface area contributed by atoms with Crippen LogP contribution in [-0.2, 0) is 6.42 Å². The van der Waals surface area contributed by atoms with Crippen molar-refractivity contribution in [2.45, 2.75) is 13.3 Å². The summed E-state index contributed by atoms with van der Waals surface area (Å²) in [5, 5.41) is 12.1. The highest BCUT2D eigenvalue weighted by atomic mass is 32.1. The molecule has 1 aromatic carbocycles. The summed E-state index contributed by atoms with van der Waals surface area (Å²) in [6, 6.07) is 3.56. The third-order valence-electron chi connectivity index (χ3n) is 2.34. The van der Waals surface area contributed by atoms with Crippen molar-refractivity contribution in [2.24, 2.45) is 0 Å². The Hall–Kier alpha value is -1.35. The molecule has 0 saturated carbocycles. The molecule has 2 nitrogen and oxygen atoms in total. The number of hydrogen-bond donors (Lipinski definition) is 1. The fraction of sp³-hybridized carbons (Fsp3) is 0.182. The Kier molecular flexibility index (Phi) is 2.25. The molecule has 0 unspecified atom stereocenters. The van der Waals surface area contributed by atoms with Crippen molar-refractivity contribution in [3.8, 4) is 5.75 Å². The average Bonchev–Trinajstić information content (AvgIpc) is 2.59. The van der Waals surface area contributed by atoms with Gasteiger partial charge in [0.2, 0.25) is 0 Å². The molecule has 0 aliphatic heterocycles. The second kappa shape index (κ2) is 3.42. The molecule has 72 valence electrons. The van der Waals surface area contributed by atoms with E-state index >= 15 is 0 Å². The standard InChI is InChI=1S/C11H10O2S/c1-2-8-7(5-12)3-4-9-10(13)6-14-11(8)9/h3-6,13H,2H2,1H3. The molecule has 0 bridgehead atoms. The minimum atomic E-state index is 0.303. The van der Waals surface area contributed by atoms with E-state index in [4.69, 9.17) is 0 Å². The Labute approximate surface area is 85.8 Å². The van der Waals surface area contributed by atoms with E-state index in [0.29, 0.717) is 5.75 Å². The van der Waals surface area contributed by atoms with Gasteiger partial charge in [-0.1, -0.05) is 13.0 Å². The summed E-state index contributed by atoms with van der Waals surface area (Å²) in [5.41, 5.74) is 1.75. The predicted molar refractivity (Wildman–Crippen MR) is 58.3 cm³/mol. The Morgan fingerprint density at radius 1 is 1.50 bits per heavy atom. The third kappa shape index (κ3) is 1.21. The first-order valence-corrected chi connectivity index (χ1v) is 5.33. The lowest BCUT2D eigenvalue weighted by molar-refractivity contribution is 0.112. The molecule has 1 N–H and O–H groups in total. The zero-order chi connectivity index (χ0) is 10.1. The van der Waals surface area contributed by atoms with Crippen molar-refractivity contribution in [1.82, 2.24) is 0 Å². The molecule has 2 aromatic rings. The number of hydrogen-bond acceptors (Lipinski definition) is 3. The fourth-order valence-corrected chi connectivity index (χ4v) is 2.69. The first-order valence-electron chi connectivity index (χ1n) is 4.45. The normalized spacial score (nSPS) is 10.6. The molecule has 0 saturated heterocycles. The van der Waals surface area contributed by atoms with Crippen LogP contribution < -0.4 is 0 Å². The van der Waals surface area contributed by atoms with E-state index in [0.717, 1.165) is 33.9 Å². The maximum Gasteiger partial charge on any atom is 0.150 e. The zero-order valence-corrected chi connectivity index (χ0v) is 8.60. The quantitative estimate of drug-likeness (QED) is 0.767. The van der Waals surface area contributed by atoms with Crippen molar-refractivity contribution >= 4 is 27.7 Å². The van der Waals surface area contributed by atoms with Gasteiger partial charge in [-0.2, -0.15) is 0 Å². The van der Waals surface area contributed by atoms with Gasteiger partial charge in [0, 0.05) is 21.0 Å². The average molecular weight is 206 g/mol. The van der Waals surface area contributed by atoms with Gasteiger partial charge in [0.1, 0.15) is 12.0 Å². The first-order chi connectivity index (χ1) is 6.77. The summed E-state index contributed by atoms with van der Waals surface area (Å²) in [6.45, 7) is 2.01. The van der Waals surface area contributed by atoms with Crippen LogP contribution >= 0.6 is 11.3 Å². The number of fused-ring (bicyclic) bond motifs is 1. The number of benzene rings is 1. The molecule has 1 aromatic heterocycles. The molecule has 0 amide bonds. The van der Waals surface area contributed by atoms with Crippen LogP contribution in [0.2, 0.25) is 0 Å². The van der Waals surface area contributed by atoms with Crippen LogP contribution in [0.4, 0.5) is 0 Å². The molecule has 0 atom stereocenters. The lowest BCUT2D eigenvalue weighted by Gasteiger charge is -2.02. The van der Waals surface area contributed by atoms with E-state index in [1.807, 2.05) is 6.92 Å². The van der Waals surface area contributed by atoms with E-state index in [1.165, 1.54) is 11.3 Å². The van der Waals surface area contributed by atoms with Crippen LogP contribution in [0, 0.1) is 0 Å². The number of thiophene rings is 1. The molecule has 2 rings (SSSR count). The lowest BCUT2D eigenvalue weighted by Crippen LogP contribution is -1.89. The summed E-state index contributed by atoms with van der Waals surface area (Å²) in [6.07, 6.45) is 1.68. The van der Waals surface area contributed by atoms with Gasteiger partial charge >= 0.3 is 0 Å². The fourth-order valence-electron chi connectivity index (χ4n) is 1.63. The van der Waals surface area contributed by atoms with Crippen LogP contribution in [0.5, 0.6) is 5.75 Å². The van der Waals surface area contributed by atoms with Crippen molar-refractivity contribution < 1.29 is 9.90 Å². The molecule has 0 radical (unpaired) electrons. The van der Waals surface area contributed by atoms with Crippen molar-refractivity contribution in [2.75, 3.05) is 0 Å². The summed E-state index contributed by atoms with van der Waals surface area (Å²) in [4.78, 5) is 10.8. The number of carbonyl (C=O) groups excluding carboxylic acids is 1. The Bertz CT molecular complexity index is 485. The monoisotopic (exact) mass is 206 g/mol. The lowest BCUT2D eigenvalue weighted by atomic mass is 10.0. The van der Waals surface area contributed by atoms with Gasteiger partial charge in [0.05, 0.1) is 0 Å². The number of rotatable bonds is 2. The minimum absolute atomic E-state index is 0.303. The number of aldehydes is 1. The first kappa shape index (κ1) is 9.21. The molecule has 1 heterocycles. The van der Waals surface area contributed by atoms with Crippen molar-refractivity contribution in [1.29, 1.82) is 0 Å². The van der Waals surface area contributed by atoms with Crippen LogP contribution in [0.25, 0.3) is 10.1 Å². The molecule has 0 aliphatic rings. The number of aromatic hydroxyl groups is 1. The smallest absolute Gasteiger partial charge is 0.150 e. The van der Waals surface area contributed by atoms with Gasteiger partial charge in [-0.15, -0.1) is 11.3 Å². The second-order valence-corrected chi connectivity index (χ2v) is 3.98.